The van der Waals surface area contributed by atoms with Gasteiger partial charge in [-0.3, -0.25) is 0 Å². The van der Waals surface area contributed by atoms with Gasteiger partial charge in [0.05, 0.1) is 0 Å². The molecule has 0 atom stereocenters. The molecule has 0 aromatic heterocycles. The average Bonchev–Trinajstić information content (AvgIpc) is 2.23. The van der Waals surface area contributed by atoms with Crippen LogP contribution >= 0.6 is 23.2 Å². The van der Waals surface area contributed by atoms with Crippen molar-refractivity contribution in [2.24, 2.45) is 0 Å². The summed E-state index contributed by atoms with van der Waals surface area (Å²) in [6.07, 6.45) is 0. The molecule has 0 unspecified atom stereocenters. The summed E-state index contributed by atoms with van der Waals surface area (Å²) >= 11 is 12.2. The third kappa shape index (κ3) is 2.17. The van der Waals surface area contributed by atoms with Crippen LogP contribution < -0.4 is 0 Å². The summed E-state index contributed by atoms with van der Waals surface area (Å²) < 4.78 is 0. The molecule has 2 aromatic rings. The molecule has 0 aliphatic carbocycles. The number of hydrogen-bond acceptors (Lipinski definition) is 0. The van der Waals surface area contributed by atoms with Gasteiger partial charge in [-0.25, -0.2) is 0 Å². The molecule has 2 aromatic carbocycles. The summed E-state index contributed by atoms with van der Waals surface area (Å²) in [4.78, 5) is 0. The lowest BCUT2D eigenvalue weighted by Gasteiger charge is -2.05. The molecule has 0 fully saturated rings. The molecule has 0 N–H and O–H groups in total. The third-order valence-electron chi connectivity index (χ3n) is 2.36. The molecule has 0 bridgehead atoms. The zero-order chi connectivity index (χ0) is 10.8. The molecule has 2 heteroatoms. The summed E-state index contributed by atoms with van der Waals surface area (Å²) in [6.45, 7) is 1.98. The van der Waals surface area contributed by atoms with Crippen LogP contribution in [0.15, 0.2) is 42.5 Å². The maximum atomic E-state index is 6.11. The number of aryl methyl sites for hydroxylation is 1. The van der Waals surface area contributed by atoms with E-state index in [4.69, 9.17) is 23.2 Å². The van der Waals surface area contributed by atoms with Gasteiger partial charge in [-0.15, -0.1) is 0 Å². The van der Waals surface area contributed by atoms with Gasteiger partial charge in [0.1, 0.15) is 0 Å². The molecule has 0 spiro atoms. The Bertz CT molecular complexity index is 490. The van der Waals surface area contributed by atoms with Crippen LogP contribution in [0, 0.1) is 6.92 Å². The first-order chi connectivity index (χ1) is 7.18. The third-order valence-corrected chi connectivity index (χ3v) is 3.09. The Balaban J connectivity index is 2.55. The molecule has 15 heavy (non-hydrogen) atoms. The first kappa shape index (κ1) is 10.5. The lowest BCUT2D eigenvalue weighted by Crippen LogP contribution is -1.81. The van der Waals surface area contributed by atoms with Gasteiger partial charge in [0.2, 0.25) is 0 Å². The molecular weight excluding hydrogens is 227 g/mol. The van der Waals surface area contributed by atoms with E-state index in [-0.39, 0.29) is 0 Å². The Labute approximate surface area is 99.5 Å². The number of benzene rings is 2. The molecule has 0 saturated carbocycles. The molecule has 0 saturated heterocycles. The lowest BCUT2D eigenvalue weighted by atomic mass is 10.0. The summed E-state index contributed by atoms with van der Waals surface area (Å²) in [7, 11) is 0. The highest BCUT2D eigenvalue weighted by molar-refractivity contribution is 6.34. The predicted octanol–water partition coefficient (Wildman–Crippen LogP) is 4.97. The van der Waals surface area contributed by atoms with E-state index in [2.05, 4.69) is 0 Å². The smallest absolute Gasteiger partial charge is 0.0484 e. The minimum Gasteiger partial charge on any atom is -0.0840 e. The van der Waals surface area contributed by atoms with E-state index in [0.29, 0.717) is 0 Å². The van der Waals surface area contributed by atoms with E-state index < -0.39 is 0 Å². The van der Waals surface area contributed by atoms with Gasteiger partial charge in [-0.05, 0) is 30.2 Å². The topological polar surface area (TPSA) is 0 Å². The highest BCUT2D eigenvalue weighted by Gasteiger charge is 2.03. The lowest BCUT2D eigenvalue weighted by molar-refractivity contribution is 1.47. The molecule has 0 aliphatic rings. The van der Waals surface area contributed by atoms with Gasteiger partial charge in [-0.1, -0.05) is 53.5 Å². The van der Waals surface area contributed by atoms with Gasteiger partial charge in [-0.2, -0.15) is 0 Å². The molecule has 76 valence electrons. The first-order valence-electron chi connectivity index (χ1n) is 4.69. The maximum Gasteiger partial charge on any atom is 0.0484 e. The molecule has 2 rings (SSSR count). The van der Waals surface area contributed by atoms with Gasteiger partial charge in [0.15, 0.2) is 0 Å². The van der Waals surface area contributed by atoms with Crippen LogP contribution in [0.2, 0.25) is 10.0 Å². The van der Waals surface area contributed by atoms with Crippen LogP contribution in [-0.4, -0.2) is 0 Å². The molecule has 0 heterocycles. The maximum absolute atomic E-state index is 6.11. The molecule has 0 radical (unpaired) electrons. The minimum absolute atomic E-state index is 0.748. The normalized spacial score (nSPS) is 10.3. The van der Waals surface area contributed by atoms with Crippen LogP contribution in [0.25, 0.3) is 11.1 Å². The number of halogens is 2. The SMILES string of the molecule is Cc1ccc(-c2ccccc2Cl)cc1Cl. The molecule has 0 nitrogen and oxygen atoms in total. The van der Waals surface area contributed by atoms with Crippen molar-refractivity contribution < 1.29 is 0 Å². The number of rotatable bonds is 1. The summed E-state index contributed by atoms with van der Waals surface area (Å²) in [6, 6.07) is 13.7. The van der Waals surface area contributed by atoms with Crippen molar-refractivity contribution in [1.29, 1.82) is 0 Å². The van der Waals surface area contributed by atoms with Crippen molar-refractivity contribution in [3.8, 4) is 11.1 Å². The molecular formula is C13H10Cl2. The quantitative estimate of drug-likeness (QED) is 0.656. The van der Waals surface area contributed by atoms with Gasteiger partial charge in [0.25, 0.3) is 0 Å². The van der Waals surface area contributed by atoms with Crippen molar-refractivity contribution in [2.45, 2.75) is 6.92 Å². The van der Waals surface area contributed by atoms with Crippen LogP contribution in [0.5, 0.6) is 0 Å². The highest BCUT2D eigenvalue weighted by atomic mass is 35.5. The van der Waals surface area contributed by atoms with E-state index in [1.54, 1.807) is 0 Å². The fourth-order valence-corrected chi connectivity index (χ4v) is 1.88. The molecule has 0 aliphatic heterocycles. The standard InChI is InChI=1S/C13H10Cl2/c1-9-6-7-10(8-13(9)15)11-4-2-3-5-12(11)14/h2-8H,1H3. The van der Waals surface area contributed by atoms with Crippen molar-refractivity contribution in [3.05, 3.63) is 58.1 Å². The van der Waals surface area contributed by atoms with E-state index >= 15 is 0 Å². The Morgan fingerprint density at radius 1 is 0.867 bits per heavy atom. The van der Waals surface area contributed by atoms with Crippen LogP contribution in [0.3, 0.4) is 0 Å². The second-order valence-electron chi connectivity index (χ2n) is 3.44. The average molecular weight is 237 g/mol. The second-order valence-corrected chi connectivity index (χ2v) is 4.26. The summed E-state index contributed by atoms with van der Waals surface area (Å²) in [5.74, 6) is 0. The van der Waals surface area contributed by atoms with Crippen LogP contribution in [0.4, 0.5) is 0 Å². The van der Waals surface area contributed by atoms with Crippen molar-refractivity contribution in [1.82, 2.24) is 0 Å². The van der Waals surface area contributed by atoms with Crippen LogP contribution in [-0.2, 0) is 0 Å². The van der Waals surface area contributed by atoms with E-state index in [1.165, 1.54) is 0 Å². The summed E-state index contributed by atoms with van der Waals surface area (Å²) in [5.41, 5.74) is 3.14. The minimum atomic E-state index is 0.748. The van der Waals surface area contributed by atoms with E-state index in [1.807, 2.05) is 49.4 Å². The van der Waals surface area contributed by atoms with Crippen LogP contribution in [0.1, 0.15) is 5.56 Å². The fourth-order valence-electron chi connectivity index (χ4n) is 1.46. The summed E-state index contributed by atoms with van der Waals surface area (Å²) in [5, 5.41) is 1.52. The zero-order valence-corrected chi connectivity index (χ0v) is 9.81. The second kappa shape index (κ2) is 4.26. The fraction of sp³-hybridized carbons (Fsp3) is 0.0769. The van der Waals surface area contributed by atoms with Crippen molar-refractivity contribution >= 4 is 23.2 Å². The Morgan fingerprint density at radius 3 is 2.27 bits per heavy atom. The monoisotopic (exact) mass is 236 g/mol. The Kier molecular flexibility index (Phi) is 2.99. The predicted molar refractivity (Wildman–Crippen MR) is 66.6 cm³/mol. The number of hydrogen-bond donors (Lipinski definition) is 0. The highest BCUT2D eigenvalue weighted by Crippen LogP contribution is 2.30. The van der Waals surface area contributed by atoms with Crippen molar-refractivity contribution in [2.75, 3.05) is 0 Å². The van der Waals surface area contributed by atoms with Crippen molar-refractivity contribution in [3.63, 3.8) is 0 Å². The molecule has 0 amide bonds. The largest absolute Gasteiger partial charge is 0.0840 e. The van der Waals surface area contributed by atoms with Gasteiger partial charge >= 0.3 is 0 Å². The zero-order valence-electron chi connectivity index (χ0n) is 8.30. The Morgan fingerprint density at radius 2 is 1.60 bits per heavy atom. The van der Waals surface area contributed by atoms with E-state index in [0.717, 1.165) is 26.7 Å². The first-order valence-corrected chi connectivity index (χ1v) is 5.45. The Hall–Kier alpha value is -0.980. The van der Waals surface area contributed by atoms with Gasteiger partial charge < -0.3 is 0 Å². The van der Waals surface area contributed by atoms with Gasteiger partial charge in [0, 0.05) is 15.6 Å². The van der Waals surface area contributed by atoms with E-state index in [9.17, 15) is 0 Å².